The Morgan fingerprint density at radius 3 is 2.21 bits per heavy atom. The van der Waals surface area contributed by atoms with Crippen LogP contribution < -0.4 is 14.8 Å². The van der Waals surface area contributed by atoms with Crippen LogP contribution in [0.1, 0.15) is 30.6 Å². The number of carbonyl (C=O) groups is 1. The highest BCUT2D eigenvalue weighted by atomic mass is 32.2. The maximum atomic E-state index is 12.4. The second-order valence-electron chi connectivity index (χ2n) is 5.42. The van der Waals surface area contributed by atoms with Crippen molar-refractivity contribution in [3.05, 3.63) is 23.8 Å². The van der Waals surface area contributed by atoms with E-state index in [4.69, 9.17) is 9.47 Å². The van der Waals surface area contributed by atoms with E-state index in [2.05, 4.69) is 5.32 Å². The Labute approximate surface area is 144 Å². The van der Waals surface area contributed by atoms with Gasteiger partial charge in [-0.3, -0.25) is 4.79 Å². The van der Waals surface area contributed by atoms with E-state index in [1.807, 2.05) is 13.8 Å². The number of sulfonamides is 1. The summed E-state index contributed by atoms with van der Waals surface area (Å²) >= 11 is 0. The number of methoxy groups -OCH3 is 2. The summed E-state index contributed by atoms with van der Waals surface area (Å²) in [6, 6.07) is 4.93. The predicted molar refractivity (Wildman–Crippen MR) is 93.2 cm³/mol. The molecule has 1 aromatic carbocycles. The maximum absolute atomic E-state index is 12.4. The molecule has 0 spiro atoms. The number of nitrogens with zero attached hydrogens (tertiary/aromatic N) is 1. The van der Waals surface area contributed by atoms with Crippen LogP contribution >= 0.6 is 0 Å². The van der Waals surface area contributed by atoms with Crippen LogP contribution in [0, 0.1) is 0 Å². The number of hydrogen-bond acceptors (Lipinski definition) is 5. The largest absolute Gasteiger partial charge is 0.496 e. The van der Waals surface area contributed by atoms with Crippen molar-refractivity contribution < 1.29 is 22.7 Å². The van der Waals surface area contributed by atoms with E-state index < -0.39 is 10.0 Å². The third kappa shape index (κ3) is 5.10. The molecule has 136 valence electrons. The third-order valence-electron chi connectivity index (χ3n) is 3.78. The predicted octanol–water partition coefficient (Wildman–Crippen LogP) is 1.49. The highest BCUT2D eigenvalue weighted by Gasteiger charge is 2.23. The lowest BCUT2D eigenvalue weighted by atomic mass is 10.1. The van der Waals surface area contributed by atoms with Gasteiger partial charge in [-0.2, -0.15) is 4.31 Å². The summed E-state index contributed by atoms with van der Waals surface area (Å²) in [6.45, 7) is 4.15. The van der Waals surface area contributed by atoms with Gasteiger partial charge in [0, 0.05) is 19.1 Å². The van der Waals surface area contributed by atoms with Crippen molar-refractivity contribution in [1.29, 1.82) is 0 Å². The molecule has 1 atom stereocenters. The smallest absolute Gasteiger partial charge is 0.258 e. The third-order valence-corrected chi connectivity index (χ3v) is 5.18. The second kappa shape index (κ2) is 8.89. The van der Waals surface area contributed by atoms with Crippen molar-refractivity contribution in [2.24, 2.45) is 0 Å². The second-order valence-corrected chi connectivity index (χ2v) is 7.36. The standard InChI is InChI=1S/C16H26N2O5S/c1-6-12(2)18(24(5,20)21)11-10-17-16(19)15-13(22-3)8-7-9-14(15)23-4/h7-9,12H,6,10-11H2,1-5H3,(H,17,19). The number of hydrogen-bond donors (Lipinski definition) is 1. The van der Waals surface area contributed by atoms with Gasteiger partial charge in [0.25, 0.3) is 5.91 Å². The van der Waals surface area contributed by atoms with Gasteiger partial charge >= 0.3 is 0 Å². The van der Waals surface area contributed by atoms with E-state index in [9.17, 15) is 13.2 Å². The number of benzene rings is 1. The molecule has 0 fully saturated rings. The summed E-state index contributed by atoms with van der Waals surface area (Å²) in [5, 5.41) is 2.72. The van der Waals surface area contributed by atoms with Gasteiger partial charge in [-0.1, -0.05) is 13.0 Å². The van der Waals surface area contributed by atoms with E-state index in [-0.39, 0.29) is 30.6 Å². The van der Waals surface area contributed by atoms with Crippen LogP contribution in [0.4, 0.5) is 0 Å². The lowest BCUT2D eigenvalue weighted by Gasteiger charge is -2.26. The zero-order valence-electron chi connectivity index (χ0n) is 14.8. The fourth-order valence-corrected chi connectivity index (χ4v) is 3.59. The first-order valence-corrected chi connectivity index (χ1v) is 9.57. The van der Waals surface area contributed by atoms with Crippen LogP contribution in [0.25, 0.3) is 0 Å². The fourth-order valence-electron chi connectivity index (χ4n) is 2.36. The van der Waals surface area contributed by atoms with Crippen molar-refractivity contribution >= 4 is 15.9 Å². The van der Waals surface area contributed by atoms with E-state index in [0.717, 1.165) is 0 Å². The van der Waals surface area contributed by atoms with Crippen LogP contribution in [0.2, 0.25) is 0 Å². The molecule has 0 saturated carbocycles. The lowest BCUT2D eigenvalue weighted by Crippen LogP contribution is -2.42. The average Bonchev–Trinajstić information content (AvgIpc) is 2.55. The summed E-state index contributed by atoms with van der Waals surface area (Å²) in [5.41, 5.74) is 0.289. The van der Waals surface area contributed by atoms with Gasteiger partial charge in [0.2, 0.25) is 10.0 Å². The number of rotatable bonds is 9. The first kappa shape index (κ1) is 20.2. The Morgan fingerprint density at radius 1 is 1.25 bits per heavy atom. The number of ether oxygens (including phenoxy) is 2. The lowest BCUT2D eigenvalue weighted by molar-refractivity contribution is 0.0944. The van der Waals surface area contributed by atoms with Crippen LogP contribution in [0.15, 0.2) is 18.2 Å². The first-order valence-electron chi connectivity index (χ1n) is 7.72. The zero-order chi connectivity index (χ0) is 18.3. The Balaban J connectivity index is 2.83. The molecule has 0 aromatic heterocycles. The monoisotopic (exact) mass is 358 g/mol. The minimum Gasteiger partial charge on any atom is -0.496 e. The van der Waals surface area contributed by atoms with Gasteiger partial charge in [0.05, 0.1) is 20.5 Å². The highest BCUT2D eigenvalue weighted by Crippen LogP contribution is 2.27. The Hall–Kier alpha value is -1.80. The van der Waals surface area contributed by atoms with Crippen LogP contribution in [-0.4, -0.2) is 58.2 Å². The summed E-state index contributed by atoms with van der Waals surface area (Å²) in [6.07, 6.45) is 1.87. The minimum absolute atomic E-state index is 0.127. The molecule has 1 unspecified atom stereocenters. The fraction of sp³-hybridized carbons (Fsp3) is 0.562. The molecular weight excluding hydrogens is 332 g/mol. The molecule has 0 aliphatic carbocycles. The normalized spacial score (nSPS) is 12.8. The van der Waals surface area contributed by atoms with Crippen molar-refractivity contribution in [3.8, 4) is 11.5 Å². The molecule has 1 amide bonds. The number of amides is 1. The van der Waals surface area contributed by atoms with E-state index in [0.29, 0.717) is 17.9 Å². The molecule has 0 saturated heterocycles. The summed E-state index contributed by atoms with van der Waals surface area (Å²) in [5.74, 6) is 0.421. The van der Waals surface area contributed by atoms with Crippen molar-refractivity contribution in [2.75, 3.05) is 33.6 Å². The van der Waals surface area contributed by atoms with Gasteiger partial charge in [-0.05, 0) is 25.5 Å². The Bertz CT molecular complexity index is 638. The molecule has 0 radical (unpaired) electrons. The van der Waals surface area contributed by atoms with Gasteiger partial charge in [0.15, 0.2) is 0 Å². The Kier molecular flexibility index (Phi) is 7.50. The first-order chi connectivity index (χ1) is 11.3. The van der Waals surface area contributed by atoms with Gasteiger partial charge in [-0.15, -0.1) is 0 Å². The minimum atomic E-state index is -3.33. The van der Waals surface area contributed by atoms with Crippen molar-refractivity contribution in [1.82, 2.24) is 9.62 Å². The van der Waals surface area contributed by atoms with E-state index in [1.165, 1.54) is 24.8 Å². The topological polar surface area (TPSA) is 84.9 Å². The quantitative estimate of drug-likeness (QED) is 0.723. The van der Waals surface area contributed by atoms with Crippen LogP contribution in [-0.2, 0) is 10.0 Å². The summed E-state index contributed by atoms with van der Waals surface area (Å²) in [4.78, 5) is 12.4. The van der Waals surface area contributed by atoms with Crippen molar-refractivity contribution in [3.63, 3.8) is 0 Å². The van der Waals surface area contributed by atoms with E-state index >= 15 is 0 Å². The van der Waals surface area contributed by atoms with Crippen molar-refractivity contribution in [2.45, 2.75) is 26.3 Å². The molecule has 1 rings (SSSR count). The molecule has 7 nitrogen and oxygen atoms in total. The summed E-state index contributed by atoms with van der Waals surface area (Å²) in [7, 11) is -0.388. The molecule has 1 aromatic rings. The van der Waals surface area contributed by atoms with Crippen LogP contribution in [0.5, 0.6) is 11.5 Å². The zero-order valence-corrected chi connectivity index (χ0v) is 15.6. The SMILES string of the molecule is CCC(C)N(CCNC(=O)c1c(OC)cccc1OC)S(C)(=O)=O. The molecule has 0 bridgehead atoms. The molecule has 8 heteroatoms. The molecule has 0 heterocycles. The van der Waals surface area contributed by atoms with Gasteiger partial charge in [-0.25, -0.2) is 8.42 Å². The number of carbonyl (C=O) groups excluding carboxylic acids is 1. The molecular formula is C16H26N2O5S. The van der Waals surface area contributed by atoms with Gasteiger partial charge in [0.1, 0.15) is 17.1 Å². The van der Waals surface area contributed by atoms with Gasteiger partial charge < -0.3 is 14.8 Å². The number of nitrogens with one attached hydrogen (secondary N) is 1. The molecule has 1 N–H and O–H groups in total. The maximum Gasteiger partial charge on any atom is 0.258 e. The summed E-state index contributed by atoms with van der Waals surface area (Å²) < 4.78 is 35.5. The van der Waals surface area contributed by atoms with E-state index in [1.54, 1.807) is 18.2 Å². The Morgan fingerprint density at radius 2 is 1.79 bits per heavy atom. The molecule has 0 aliphatic heterocycles. The highest BCUT2D eigenvalue weighted by molar-refractivity contribution is 7.88. The van der Waals surface area contributed by atoms with Crippen LogP contribution in [0.3, 0.4) is 0 Å². The molecule has 0 aliphatic rings. The molecule has 24 heavy (non-hydrogen) atoms. The average molecular weight is 358 g/mol.